The molecule has 0 unspecified atom stereocenters. The van der Waals surface area contributed by atoms with Crippen molar-refractivity contribution in [1.82, 2.24) is 4.98 Å². The van der Waals surface area contributed by atoms with Crippen molar-refractivity contribution in [2.45, 2.75) is 6.54 Å². The molecule has 1 N–H and O–H groups in total. The van der Waals surface area contributed by atoms with Gasteiger partial charge in [-0.15, -0.1) is 0 Å². The number of para-hydroxylation sites is 1. The van der Waals surface area contributed by atoms with Crippen molar-refractivity contribution in [3.05, 3.63) is 71.1 Å². The van der Waals surface area contributed by atoms with E-state index in [0.717, 1.165) is 16.6 Å². The third kappa shape index (κ3) is 2.58. The van der Waals surface area contributed by atoms with Gasteiger partial charge in [0, 0.05) is 28.8 Å². The molecule has 1 aromatic heterocycles. The molecule has 0 saturated heterocycles. The van der Waals surface area contributed by atoms with E-state index in [9.17, 15) is 4.39 Å². The molecular formula is C16H12ClFN2. The Balaban J connectivity index is 1.90. The third-order valence-corrected chi connectivity index (χ3v) is 3.35. The van der Waals surface area contributed by atoms with Crippen molar-refractivity contribution in [3.63, 3.8) is 0 Å². The minimum absolute atomic E-state index is 0.299. The highest BCUT2D eigenvalue weighted by Gasteiger charge is 2.05. The average molecular weight is 287 g/mol. The molecule has 100 valence electrons. The summed E-state index contributed by atoms with van der Waals surface area (Å²) >= 11 is 5.94. The Bertz CT molecular complexity index is 758. The van der Waals surface area contributed by atoms with Crippen molar-refractivity contribution < 1.29 is 4.39 Å². The summed E-state index contributed by atoms with van der Waals surface area (Å²) in [7, 11) is 0. The summed E-state index contributed by atoms with van der Waals surface area (Å²) in [4.78, 5) is 4.09. The lowest BCUT2D eigenvalue weighted by atomic mass is 10.1. The molecule has 0 bridgehead atoms. The van der Waals surface area contributed by atoms with Crippen LogP contribution in [-0.2, 0) is 6.54 Å². The van der Waals surface area contributed by atoms with Crippen LogP contribution >= 0.6 is 11.6 Å². The number of aromatic nitrogens is 1. The maximum atomic E-state index is 13.7. The topological polar surface area (TPSA) is 24.9 Å². The number of benzene rings is 2. The predicted molar refractivity (Wildman–Crippen MR) is 80.5 cm³/mol. The van der Waals surface area contributed by atoms with Crippen LogP contribution in [0.1, 0.15) is 5.56 Å². The minimum Gasteiger partial charge on any atom is -0.381 e. The van der Waals surface area contributed by atoms with Gasteiger partial charge in [0.2, 0.25) is 0 Å². The van der Waals surface area contributed by atoms with Crippen molar-refractivity contribution in [2.75, 3.05) is 5.32 Å². The van der Waals surface area contributed by atoms with E-state index in [1.54, 1.807) is 12.3 Å². The van der Waals surface area contributed by atoms with Crippen LogP contribution in [-0.4, -0.2) is 4.98 Å². The first-order valence-electron chi connectivity index (χ1n) is 6.25. The molecule has 2 nitrogen and oxygen atoms in total. The van der Waals surface area contributed by atoms with Gasteiger partial charge in [-0.25, -0.2) is 4.39 Å². The minimum atomic E-state index is -0.299. The highest BCUT2D eigenvalue weighted by atomic mass is 35.5. The Kier molecular flexibility index (Phi) is 3.52. The fourth-order valence-electron chi connectivity index (χ4n) is 2.15. The predicted octanol–water partition coefficient (Wildman–Crippen LogP) is 4.64. The zero-order chi connectivity index (χ0) is 13.9. The largest absolute Gasteiger partial charge is 0.381 e. The molecule has 3 rings (SSSR count). The third-order valence-electron chi connectivity index (χ3n) is 3.12. The van der Waals surface area contributed by atoms with Crippen LogP contribution in [0.4, 0.5) is 10.1 Å². The Morgan fingerprint density at radius 2 is 1.95 bits per heavy atom. The van der Waals surface area contributed by atoms with E-state index < -0.39 is 0 Å². The summed E-state index contributed by atoms with van der Waals surface area (Å²) in [5.41, 5.74) is 2.33. The number of hydrogen-bond acceptors (Lipinski definition) is 2. The van der Waals surface area contributed by atoms with E-state index in [0.29, 0.717) is 17.1 Å². The smallest absolute Gasteiger partial charge is 0.149 e. The maximum absolute atomic E-state index is 13.7. The second-order valence-electron chi connectivity index (χ2n) is 4.47. The Hall–Kier alpha value is -2.13. The van der Waals surface area contributed by atoms with E-state index in [4.69, 9.17) is 11.6 Å². The standard InChI is InChI=1S/C16H12ClFN2/c17-12-3-1-4-13(9-12)20-10-11-7-8-19-16-14(11)5-2-6-15(16)18/h1-9,20H,10H2. The number of anilines is 1. The van der Waals surface area contributed by atoms with Gasteiger partial charge in [0.15, 0.2) is 0 Å². The van der Waals surface area contributed by atoms with E-state index >= 15 is 0 Å². The maximum Gasteiger partial charge on any atom is 0.149 e. The Labute approximate surface area is 121 Å². The zero-order valence-corrected chi connectivity index (χ0v) is 11.4. The highest BCUT2D eigenvalue weighted by molar-refractivity contribution is 6.30. The number of fused-ring (bicyclic) bond motifs is 1. The van der Waals surface area contributed by atoms with Gasteiger partial charge >= 0.3 is 0 Å². The monoisotopic (exact) mass is 286 g/mol. The van der Waals surface area contributed by atoms with Gasteiger partial charge < -0.3 is 5.32 Å². The number of rotatable bonds is 3. The van der Waals surface area contributed by atoms with Gasteiger partial charge in [-0.2, -0.15) is 0 Å². The zero-order valence-electron chi connectivity index (χ0n) is 10.6. The summed E-state index contributed by atoms with van der Waals surface area (Å²) in [6.45, 7) is 0.586. The van der Waals surface area contributed by atoms with Crippen LogP contribution < -0.4 is 5.32 Å². The van der Waals surface area contributed by atoms with Crippen LogP contribution in [0, 0.1) is 5.82 Å². The van der Waals surface area contributed by atoms with Crippen LogP contribution in [0.3, 0.4) is 0 Å². The summed E-state index contributed by atoms with van der Waals surface area (Å²) in [6, 6.07) is 14.4. The van der Waals surface area contributed by atoms with E-state index in [2.05, 4.69) is 10.3 Å². The number of nitrogens with zero attached hydrogens (tertiary/aromatic N) is 1. The van der Waals surface area contributed by atoms with Crippen molar-refractivity contribution in [2.24, 2.45) is 0 Å². The van der Waals surface area contributed by atoms with Gasteiger partial charge in [-0.1, -0.05) is 29.8 Å². The van der Waals surface area contributed by atoms with Crippen molar-refractivity contribution in [3.8, 4) is 0 Å². The van der Waals surface area contributed by atoms with Gasteiger partial charge in [-0.3, -0.25) is 4.98 Å². The first-order valence-corrected chi connectivity index (χ1v) is 6.63. The van der Waals surface area contributed by atoms with Crippen molar-refractivity contribution in [1.29, 1.82) is 0 Å². The van der Waals surface area contributed by atoms with Crippen LogP contribution in [0.2, 0.25) is 5.02 Å². The summed E-state index contributed by atoms with van der Waals surface area (Å²) in [6.07, 6.45) is 1.63. The first-order chi connectivity index (χ1) is 9.74. The van der Waals surface area contributed by atoms with E-state index in [1.165, 1.54) is 6.07 Å². The number of nitrogens with one attached hydrogen (secondary N) is 1. The molecule has 0 atom stereocenters. The SMILES string of the molecule is Fc1cccc2c(CNc3cccc(Cl)c3)ccnc12. The molecule has 2 aromatic carbocycles. The molecular weight excluding hydrogens is 275 g/mol. The molecule has 4 heteroatoms. The average Bonchev–Trinajstić information content (AvgIpc) is 2.46. The molecule has 0 fully saturated rings. The summed E-state index contributed by atoms with van der Waals surface area (Å²) in [5.74, 6) is -0.299. The Morgan fingerprint density at radius 3 is 2.80 bits per heavy atom. The van der Waals surface area contributed by atoms with Gasteiger partial charge in [0.25, 0.3) is 0 Å². The van der Waals surface area contributed by atoms with Crippen molar-refractivity contribution >= 4 is 28.2 Å². The highest BCUT2D eigenvalue weighted by Crippen LogP contribution is 2.21. The van der Waals surface area contributed by atoms with Crippen LogP contribution in [0.25, 0.3) is 10.9 Å². The molecule has 0 aliphatic carbocycles. The molecule has 0 saturated carbocycles. The number of halogens is 2. The summed E-state index contributed by atoms with van der Waals surface area (Å²) < 4.78 is 13.7. The molecule has 1 heterocycles. The molecule has 0 spiro atoms. The molecule has 0 radical (unpaired) electrons. The fourth-order valence-corrected chi connectivity index (χ4v) is 2.34. The molecule has 0 aliphatic heterocycles. The first kappa shape index (κ1) is 12.9. The van der Waals surface area contributed by atoms with E-state index in [1.807, 2.05) is 36.4 Å². The van der Waals surface area contributed by atoms with E-state index in [-0.39, 0.29) is 5.82 Å². The fraction of sp³-hybridized carbons (Fsp3) is 0.0625. The second-order valence-corrected chi connectivity index (χ2v) is 4.91. The normalized spacial score (nSPS) is 10.7. The van der Waals surface area contributed by atoms with Crippen LogP contribution in [0.15, 0.2) is 54.7 Å². The lowest BCUT2D eigenvalue weighted by Crippen LogP contribution is -2.01. The molecule has 0 amide bonds. The lowest BCUT2D eigenvalue weighted by molar-refractivity contribution is 0.636. The molecule has 3 aromatic rings. The van der Waals surface area contributed by atoms with Gasteiger partial charge in [0.05, 0.1) is 0 Å². The molecule has 0 aliphatic rings. The summed E-state index contributed by atoms with van der Waals surface area (Å²) in [5, 5.41) is 4.78. The number of hydrogen-bond donors (Lipinski definition) is 1. The number of pyridine rings is 1. The second kappa shape index (κ2) is 5.47. The Morgan fingerprint density at radius 1 is 1.10 bits per heavy atom. The van der Waals surface area contributed by atoms with Gasteiger partial charge in [-0.05, 0) is 35.9 Å². The van der Waals surface area contributed by atoms with Gasteiger partial charge in [0.1, 0.15) is 11.3 Å². The van der Waals surface area contributed by atoms with Crippen LogP contribution in [0.5, 0.6) is 0 Å². The molecule has 20 heavy (non-hydrogen) atoms. The quantitative estimate of drug-likeness (QED) is 0.759. The lowest BCUT2D eigenvalue weighted by Gasteiger charge is -2.09.